The molecular formula is C37H48N6O10S. The highest BCUT2D eigenvalue weighted by atomic mass is 32.2. The summed E-state index contributed by atoms with van der Waals surface area (Å²) in [6.45, 7) is 5.32. The third kappa shape index (κ3) is 7.54. The zero-order valence-corrected chi connectivity index (χ0v) is 31.6. The topological polar surface area (TPSA) is 236 Å². The van der Waals surface area contributed by atoms with Crippen LogP contribution in [0.3, 0.4) is 0 Å². The highest BCUT2D eigenvalue weighted by Gasteiger charge is 2.63. The molecule has 1 aromatic carbocycles. The molecule has 5 amide bonds. The van der Waals surface area contributed by atoms with Gasteiger partial charge in [-0.1, -0.05) is 32.4 Å². The van der Waals surface area contributed by atoms with E-state index in [1.807, 2.05) is 26.0 Å². The number of hydrogen-bond donors (Lipinski definition) is 5. The molecule has 1 aromatic heterocycles. The van der Waals surface area contributed by atoms with Gasteiger partial charge in [0.1, 0.15) is 29.5 Å². The number of allylic oxidation sites excluding steroid dienone is 1. The van der Waals surface area contributed by atoms with Gasteiger partial charge in [-0.2, -0.15) is 0 Å². The number of methoxy groups -OCH3 is 1. The lowest BCUT2D eigenvalue weighted by atomic mass is 9.85. The first kappa shape index (κ1) is 38.8. The number of hydrogen-bond acceptors (Lipinski definition) is 10. The summed E-state index contributed by atoms with van der Waals surface area (Å²) in [7, 11) is -2.56. The minimum Gasteiger partial charge on any atom is -0.497 e. The van der Waals surface area contributed by atoms with E-state index in [2.05, 4.69) is 20.3 Å². The number of carbonyl (C=O) groups is 5. The second-order valence-electron chi connectivity index (χ2n) is 15.3. The minimum atomic E-state index is -4.03. The van der Waals surface area contributed by atoms with Crippen molar-refractivity contribution in [1.29, 1.82) is 0 Å². The van der Waals surface area contributed by atoms with Crippen LogP contribution < -0.4 is 30.6 Å². The first-order chi connectivity index (χ1) is 25.5. The Morgan fingerprint density at radius 3 is 2.56 bits per heavy atom. The monoisotopic (exact) mass is 768 g/mol. The molecule has 2 aromatic rings. The van der Waals surface area contributed by atoms with E-state index >= 15 is 0 Å². The molecule has 6 N–H and O–H groups in total. The van der Waals surface area contributed by atoms with Crippen LogP contribution in [0.15, 0.2) is 36.5 Å². The fraction of sp³-hybridized carbons (Fsp3) is 0.568. The number of aromatic nitrogens is 1. The highest BCUT2D eigenvalue weighted by molar-refractivity contribution is 7.91. The lowest BCUT2D eigenvalue weighted by Crippen LogP contribution is -2.59. The molecule has 1 saturated heterocycles. The number of carbonyl (C=O) groups excluding carboxylic acids is 4. The number of nitrogens with zero attached hydrogens (tertiary/aromatic N) is 2. The predicted octanol–water partition coefficient (Wildman–Crippen LogP) is 2.60. The summed E-state index contributed by atoms with van der Waals surface area (Å²) in [6.07, 6.45) is 6.02. The Hall–Kier alpha value is -4.93. The van der Waals surface area contributed by atoms with Crippen LogP contribution in [-0.2, 0) is 24.4 Å². The smallest absolute Gasteiger partial charge is 0.405 e. The van der Waals surface area contributed by atoms with E-state index in [0.29, 0.717) is 48.6 Å². The largest absolute Gasteiger partial charge is 0.497 e. The van der Waals surface area contributed by atoms with E-state index in [0.717, 1.165) is 6.42 Å². The lowest BCUT2D eigenvalue weighted by molar-refractivity contribution is -0.142. The van der Waals surface area contributed by atoms with Crippen LogP contribution in [0.1, 0.15) is 82.5 Å². The number of nitrogens with two attached hydrogens (primary N) is 1. The molecule has 2 saturated carbocycles. The van der Waals surface area contributed by atoms with Gasteiger partial charge in [0.25, 0.3) is 11.8 Å². The average Bonchev–Trinajstić information content (AvgIpc) is 4.00. The molecule has 17 heteroatoms. The maximum absolute atomic E-state index is 14.5. The quantitative estimate of drug-likeness (QED) is 0.233. The standard InChI is InChI=1S/C37H48N6O10S/c1-5-21-14-20(2)8-6-7-9-22-17-37(22,34(47)42-54(50,51)36(3)12-13-36)41-31(45)28-16-24(19-43(28)33(46)29(21)40-35(48)49)53-32-25-11-10-23(52-4)15-26(25)27(18-39-32)30(38)44/h7,9-11,15,18,20-22,24,28-29,40H,5-6,8,12-14,16-17,19H2,1-4H3,(H2,38,44)(H,41,45)(H,42,47)(H,48,49)/t20-,21-,22-,24-,28+,29+,37-/m1/s1. The number of ether oxygens (including phenoxy) is 2. The summed E-state index contributed by atoms with van der Waals surface area (Å²) < 4.78 is 39.1. The molecule has 2 aliphatic heterocycles. The molecule has 292 valence electrons. The third-order valence-electron chi connectivity index (χ3n) is 11.5. The van der Waals surface area contributed by atoms with Crippen LogP contribution in [0, 0.1) is 17.8 Å². The van der Waals surface area contributed by atoms with Crippen LogP contribution in [0.5, 0.6) is 11.6 Å². The Morgan fingerprint density at radius 1 is 1.17 bits per heavy atom. The van der Waals surface area contributed by atoms with Gasteiger partial charge in [-0.15, -0.1) is 0 Å². The van der Waals surface area contributed by atoms with Gasteiger partial charge in [0, 0.05) is 29.3 Å². The normalized spacial score (nSPS) is 29.4. The van der Waals surface area contributed by atoms with Crippen molar-refractivity contribution < 1.29 is 47.0 Å². The molecule has 7 atom stereocenters. The minimum absolute atomic E-state index is 0.0734. The maximum atomic E-state index is 14.5. The molecule has 0 spiro atoms. The number of nitrogens with one attached hydrogen (secondary N) is 3. The molecule has 3 heterocycles. The summed E-state index contributed by atoms with van der Waals surface area (Å²) in [6, 6.07) is 2.49. The second-order valence-corrected chi connectivity index (χ2v) is 17.5. The Kier molecular flexibility index (Phi) is 10.6. The molecule has 54 heavy (non-hydrogen) atoms. The number of pyridine rings is 1. The van der Waals surface area contributed by atoms with Crippen molar-refractivity contribution in [3.8, 4) is 11.6 Å². The highest BCUT2D eigenvalue weighted by Crippen LogP contribution is 2.47. The van der Waals surface area contributed by atoms with E-state index in [9.17, 15) is 37.5 Å². The summed E-state index contributed by atoms with van der Waals surface area (Å²) >= 11 is 0. The van der Waals surface area contributed by atoms with Crippen LogP contribution >= 0.6 is 0 Å². The molecule has 0 radical (unpaired) electrons. The summed E-state index contributed by atoms with van der Waals surface area (Å²) in [5, 5.41) is 15.9. The van der Waals surface area contributed by atoms with Gasteiger partial charge in [-0.3, -0.25) is 23.9 Å². The molecule has 16 nitrogen and oxygen atoms in total. The van der Waals surface area contributed by atoms with Crippen LogP contribution in [0.4, 0.5) is 4.79 Å². The van der Waals surface area contributed by atoms with Crippen molar-refractivity contribution >= 4 is 50.5 Å². The van der Waals surface area contributed by atoms with Crippen molar-refractivity contribution in [3.63, 3.8) is 0 Å². The van der Waals surface area contributed by atoms with Gasteiger partial charge < -0.3 is 35.8 Å². The van der Waals surface area contributed by atoms with Gasteiger partial charge in [-0.05, 0) is 75.5 Å². The first-order valence-corrected chi connectivity index (χ1v) is 19.8. The van der Waals surface area contributed by atoms with E-state index in [1.165, 1.54) is 18.2 Å². The first-order valence-electron chi connectivity index (χ1n) is 18.3. The van der Waals surface area contributed by atoms with E-state index in [4.69, 9.17) is 15.2 Å². The van der Waals surface area contributed by atoms with Gasteiger partial charge >= 0.3 is 6.09 Å². The number of carboxylic acid groups (broad SMARTS) is 1. The van der Waals surface area contributed by atoms with Gasteiger partial charge in [0.15, 0.2) is 0 Å². The lowest BCUT2D eigenvalue weighted by Gasteiger charge is -2.33. The van der Waals surface area contributed by atoms with Crippen molar-refractivity contribution in [1.82, 2.24) is 25.2 Å². The van der Waals surface area contributed by atoms with E-state index in [1.54, 1.807) is 25.1 Å². The van der Waals surface area contributed by atoms with E-state index < -0.39 is 80.1 Å². The zero-order chi connectivity index (χ0) is 39.2. The molecule has 2 aliphatic carbocycles. The fourth-order valence-electron chi connectivity index (χ4n) is 7.72. The van der Waals surface area contributed by atoms with Crippen molar-refractivity contribution in [2.45, 2.75) is 101 Å². The molecular weight excluding hydrogens is 721 g/mol. The molecule has 6 rings (SSSR count). The summed E-state index contributed by atoms with van der Waals surface area (Å²) in [5.41, 5.74) is 4.16. The number of benzene rings is 1. The van der Waals surface area contributed by atoms with Crippen LogP contribution in [0.25, 0.3) is 10.8 Å². The number of sulfonamides is 1. The van der Waals surface area contributed by atoms with Crippen molar-refractivity contribution in [2.75, 3.05) is 13.7 Å². The Labute approximate surface area is 313 Å². The van der Waals surface area contributed by atoms with E-state index in [-0.39, 0.29) is 36.7 Å². The van der Waals surface area contributed by atoms with Gasteiger partial charge in [-0.25, -0.2) is 18.2 Å². The maximum Gasteiger partial charge on any atom is 0.405 e. The number of fused-ring (bicyclic) bond motifs is 3. The van der Waals surface area contributed by atoms with Gasteiger partial charge in [0.05, 0.1) is 24.0 Å². The zero-order valence-electron chi connectivity index (χ0n) is 30.8. The SMILES string of the molecule is CC[C@@H]1C[C@H](C)CCC=C[C@@H]2C[C@@]2(C(=O)NS(=O)(=O)C2(C)CC2)NC(=O)[C@@H]2C[C@@H](Oc3ncc(C(N)=O)c4cc(OC)ccc34)CN2C(=O)[C@H]1NC(=O)O. The average molecular weight is 769 g/mol. The Balaban J connectivity index is 1.37. The van der Waals surface area contributed by atoms with Crippen molar-refractivity contribution in [3.05, 3.63) is 42.1 Å². The summed E-state index contributed by atoms with van der Waals surface area (Å²) in [5.74, 6) is -3.16. The second kappa shape index (κ2) is 14.7. The van der Waals surface area contributed by atoms with Crippen LogP contribution in [-0.4, -0.2) is 95.3 Å². The predicted molar refractivity (Wildman–Crippen MR) is 196 cm³/mol. The molecule has 4 aliphatic rings. The molecule has 0 unspecified atom stereocenters. The summed E-state index contributed by atoms with van der Waals surface area (Å²) in [4.78, 5) is 72.8. The van der Waals surface area contributed by atoms with Crippen molar-refractivity contribution in [2.24, 2.45) is 23.5 Å². The Bertz CT molecular complexity index is 2000. The number of amides is 5. The van der Waals surface area contributed by atoms with Gasteiger partial charge in [0.2, 0.25) is 27.7 Å². The number of rotatable bonds is 9. The van der Waals surface area contributed by atoms with Crippen LogP contribution in [0.2, 0.25) is 0 Å². The molecule has 3 fully saturated rings. The Morgan fingerprint density at radius 2 is 1.91 bits per heavy atom. The number of primary amides is 1. The fourth-order valence-corrected chi connectivity index (χ4v) is 9.03. The third-order valence-corrected chi connectivity index (χ3v) is 13.6. The molecule has 0 bridgehead atoms.